The lowest BCUT2D eigenvalue weighted by Gasteiger charge is -2.10. The van der Waals surface area contributed by atoms with Crippen molar-refractivity contribution in [2.24, 2.45) is 0 Å². The van der Waals surface area contributed by atoms with Crippen LogP contribution >= 0.6 is 27.5 Å². The number of hydrogen-bond acceptors (Lipinski definition) is 2. The van der Waals surface area contributed by atoms with Gasteiger partial charge in [-0.25, -0.2) is 8.78 Å². The summed E-state index contributed by atoms with van der Waals surface area (Å²) in [6.07, 6.45) is 0. The summed E-state index contributed by atoms with van der Waals surface area (Å²) in [4.78, 5) is 12.0. The molecule has 0 aromatic heterocycles. The maximum atomic E-state index is 13.6. The van der Waals surface area contributed by atoms with Gasteiger partial charge in [0.1, 0.15) is 5.82 Å². The maximum absolute atomic E-state index is 13.6. The van der Waals surface area contributed by atoms with Gasteiger partial charge >= 0.3 is 0 Å². The smallest absolute Gasteiger partial charge is 0.257 e. The molecule has 0 saturated carbocycles. The van der Waals surface area contributed by atoms with Crippen molar-refractivity contribution in [1.29, 1.82) is 0 Å². The second kappa shape index (κ2) is 5.76. The fourth-order valence-electron chi connectivity index (χ4n) is 1.58. The molecule has 0 bridgehead atoms. The Kier molecular flexibility index (Phi) is 4.25. The number of benzene rings is 2. The summed E-state index contributed by atoms with van der Waals surface area (Å²) in [5.41, 5.74) is 5.81. The summed E-state index contributed by atoms with van der Waals surface area (Å²) in [6, 6.07) is 6.03. The number of hydrogen-bond donors (Lipinski definition) is 2. The van der Waals surface area contributed by atoms with Crippen LogP contribution in [-0.4, -0.2) is 5.91 Å². The number of halogens is 4. The van der Waals surface area contributed by atoms with Crippen LogP contribution in [0.15, 0.2) is 34.8 Å². The van der Waals surface area contributed by atoms with Gasteiger partial charge in [-0.3, -0.25) is 4.79 Å². The Morgan fingerprint density at radius 3 is 2.55 bits per heavy atom. The predicted molar refractivity (Wildman–Crippen MR) is 77.9 cm³/mol. The zero-order valence-electron chi connectivity index (χ0n) is 9.88. The molecule has 1 amide bonds. The van der Waals surface area contributed by atoms with Crippen molar-refractivity contribution in [2.45, 2.75) is 0 Å². The molecule has 0 aliphatic heterocycles. The Morgan fingerprint density at radius 2 is 1.95 bits per heavy atom. The van der Waals surface area contributed by atoms with Crippen LogP contribution in [0.5, 0.6) is 0 Å². The van der Waals surface area contributed by atoms with Crippen LogP contribution in [0.2, 0.25) is 5.02 Å². The van der Waals surface area contributed by atoms with Gasteiger partial charge in [0.25, 0.3) is 5.91 Å². The van der Waals surface area contributed by atoms with Gasteiger partial charge in [0.15, 0.2) is 5.82 Å². The van der Waals surface area contributed by atoms with E-state index in [-0.39, 0.29) is 21.4 Å². The monoisotopic (exact) mass is 360 g/mol. The lowest BCUT2D eigenvalue weighted by molar-refractivity contribution is 0.102. The Bertz CT molecular complexity index is 671. The van der Waals surface area contributed by atoms with E-state index in [1.54, 1.807) is 0 Å². The third-order valence-electron chi connectivity index (χ3n) is 2.50. The highest BCUT2D eigenvalue weighted by atomic mass is 79.9. The summed E-state index contributed by atoms with van der Waals surface area (Å²) in [6.45, 7) is 0. The number of carbonyl (C=O) groups is 1. The molecule has 0 spiro atoms. The van der Waals surface area contributed by atoms with E-state index in [0.29, 0.717) is 11.1 Å². The molecular weight excluding hydrogens is 354 g/mol. The first-order valence-electron chi connectivity index (χ1n) is 5.39. The summed E-state index contributed by atoms with van der Waals surface area (Å²) in [7, 11) is 0. The lowest BCUT2D eigenvalue weighted by Crippen LogP contribution is -2.15. The van der Waals surface area contributed by atoms with E-state index >= 15 is 0 Å². The van der Waals surface area contributed by atoms with Gasteiger partial charge < -0.3 is 11.1 Å². The fourth-order valence-corrected chi connectivity index (χ4v) is 2.27. The van der Waals surface area contributed by atoms with Crippen molar-refractivity contribution in [1.82, 2.24) is 0 Å². The second-order valence-electron chi connectivity index (χ2n) is 3.93. The van der Waals surface area contributed by atoms with Crippen molar-refractivity contribution in [3.8, 4) is 0 Å². The normalized spacial score (nSPS) is 10.4. The first-order valence-corrected chi connectivity index (χ1v) is 6.56. The molecule has 0 unspecified atom stereocenters. The van der Waals surface area contributed by atoms with Crippen LogP contribution in [0.3, 0.4) is 0 Å². The summed E-state index contributed by atoms with van der Waals surface area (Å²) in [5.74, 6) is -2.26. The van der Waals surface area contributed by atoms with Crippen LogP contribution in [0.25, 0.3) is 0 Å². The summed E-state index contributed by atoms with van der Waals surface area (Å²) in [5, 5.41) is 2.71. The van der Waals surface area contributed by atoms with Gasteiger partial charge in [0.2, 0.25) is 0 Å². The Hall–Kier alpha value is -1.66. The molecule has 0 aliphatic rings. The van der Waals surface area contributed by atoms with E-state index in [9.17, 15) is 13.6 Å². The Morgan fingerprint density at radius 1 is 1.25 bits per heavy atom. The number of rotatable bonds is 2. The second-order valence-corrected chi connectivity index (χ2v) is 5.22. The molecule has 0 aliphatic carbocycles. The average molecular weight is 362 g/mol. The molecule has 0 radical (unpaired) electrons. The van der Waals surface area contributed by atoms with Crippen molar-refractivity contribution in [3.05, 3.63) is 57.0 Å². The maximum Gasteiger partial charge on any atom is 0.257 e. The van der Waals surface area contributed by atoms with Crippen LogP contribution in [0, 0.1) is 11.6 Å². The Labute approximate surface area is 126 Å². The van der Waals surface area contributed by atoms with Gasteiger partial charge in [-0.05, 0) is 40.2 Å². The number of nitrogens with one attached hydrogen (secondary N) is 1. The lowest BCUT2D eigenvalue weighted by atomic mass is 10.1. The summed E-state index contributed by atoms with van der Waals surface area (Å²) >= 11 is 8.71. The molecule has 20 heavy (non-hydrogen) atoms. The topological polar surface area (TPSA) is 55.1 Å². The van der Waals surface area contributed by atoms with Crippen molar-refractivity contribution in [2.75, 3.05) is 11.1 Å². The van der Waals surface area contributed by atoms with E-state index in [2.05, 4.69) is 21.2 Å². The molecule has 0 fully saturated rings. The molecule has 0 atom stereocenters. The standard InChI is InChI=1S/C13H8BrClF2N2O/c14-9-4-7(16)5-10(17)12(9)19-13(20)8-2-1-6(15)3-11(8)18/h1-5H,18H2,(H,19,20). The highest BCUT2D eigenvalue weighted by Crippen LogP contribution is 2.28. The molecular formula is C13H8BrClF2N2O. The van der Waals surface area contributed by atoms with E-state index in [4.69, 9.17) is 17.3 Å². The van der Waals surface area contributed by atoms with E-state index in [0.717, 1.165) is 6.07 Å². The zero-order chi connectivity index (χ0) is 14.9. The number of amides is 1. The van der Waals surface area contributed by atoms with Crippen LogP contribution in [-0.2, 0) is 0 Å². The third kappa shape index (κ3) is 3.08. The molecule has 0 heterocycles. The molecule has 7 heteroatoms. The number of nitrogens with two attached hydrogens (primary N) is 1. The van der Waals surface area contributed by atoms with E-state index in [1.807, 2.05) is 0 Å². The quantitative estimate of drug-likeness (QED) is 0.787. The average Bonchev–Trinajstić information content (AvgIpc) is 2.33. The molecule has 3 N–H and O–H groups in total. The number of carbonyl (C=O) groups excluding carboxylic acids is 1. The van der Waals surface area contributed by atoms with Gasteiger partial charge in [0, 0.05) is 21.2 Å². The molecule has 0 saturated heterocycles. The van der Waals surface area contributed by atoms with Gasteiger partial charge in [-0.2, -0.15) is 0 Å². The van der Waals surface area contributed by atoms with Gasteiger partial charge in [0.05, 0.1) is 11.3 Å². The minimum atomic E-state index is -0.891. The predicted octanol–water partition coefficient (Wildman–Crippen LogP) is 4.22. The minimum Gasteiger partial charge on any atom is -0.398 e. The first-order chi connectivity index (χ1) is 9.38. The number of anilines is 2. The van der Waals surface area contributed by atoms with Crippen LogP contribution in [0.1, 0.15) is 10.4 Å². The summed E-state index contributed by atoms with van der Waals surface area (Å²) < 4.78 is 26.7. The minimum absolute atomic E-state index is 0.0934. The molecule has 3 nitrogen and oxygen atoms in total. The van der Waals surface area contributed by atoms with Crippen LogP contribution in [0.4, 0.5) is 20.2 Å². The zero-order valence-corrected chi connectivity index (χ0v) is 12.2. The van der Waals surface area contributed by atoms with Crippen LogP contribution < -0.4 is 11.1 Å². The molecule has 2 aromatic carbocycles. The third-order valence-corrected chi connectivity index (χ3v) is 3.36. The fraction of sp³-hybridized carbons (Fsp3) is 0. The van der Waals surface area contributed by atoms with Gasteiger partial charge in [-0.15, -0.1) is 0 Å². The molecule has 2 aromatic rings. The van der Waals surface area contributed by atoms with Gasteiger partial charge in [-0.1, -0.05) is 11.6 Å². The largest absolute Gasteiger partial charge is 0.398 e. The van der Waals surface area contributed by atoms with E-state index < -0.39 is 17.5 Å². The van der Waals surface area contributed by atoms with Crippen molar-refractivity contribution >= 4 is 44.8 Å². The van der Waals surface area contributed by atoms with Crippen molar-refractivity contribution < 1.29 is 13.6 Å². The first kappa shape index (κ1) is 14.7. The highest BCUT2D eigenvalue weighted by Gasteiger charge is 2.15. The highest BCUT2D eigenvalue weighted by molar-refractivity contribution is 9.10. The molecule has 104 valence electrons. The molecule has 2 rings (SSSR count). The van der Waals surface area contributed by atoms with Crippen molar-refractivity contribution in [3.63, 3.8) is 0 Å². The Balaban J connectivity index is 2.33. The van der Waals surface area contributed by atoms with E-state index in [1.165, 1.54) is 18.2 Å². The number of nitrogen functional groups attached to an aromatic ring is 1. The SMILES string of the molecule is Nc1cc(Cl)ccc1C(=O)Nc1c(F)cc(F)cc1Br.